The van der Waals surface area contributed by atoms with Gasteiger partial charge in [0.05, 0.1) is 17.3 Å². The molecule has 0 bridgehead atoms. The van der Waals surface area contributed by atoms with E-state index in [-0.39, 0.29) is 21.4 Å². The summed E-state index contributed by atoms with van der Waals surface area (Å²) in [7, 11) is -3.91. The predicted molar refractivity (Wildman–Crippen MR) is 146 cm³/mol. The van der Waals surface area contributed by atoms with E-state index in [1.54, 1.807) is 25.1 Å². The van der Waals surface area contributed by atoms with Crippen molar-refractivity contribution in [2.24, 2.45) is 0 Å². The van der Waals surface area contributed by atoms with Crippen LogP contribution < -0.4 is 10.4 Å². The fraction of sp³-hybridized carbons (Fsp3) is 0.107. The van der Waals surface area contributed by atoms with Crippen LogP contribution in [0.15, 0.2) is 72.0 Å². The first-order chi connectivity index (χ1) is 18.9. The van der Waals surface area contributed by atoms with Crippen LogP contribution in [0.1, 0.15) is 38.8 Å². The third-order valence-electron chi connectivity index (χ3n) is 6.48. The number of aryl methyl sites for hydroxylation is 1. The van der Waals surface area contributed by atoms with Crippen molar-refractivity contribution in [3.63, 3.8) is 0 Å². The molecule has 0 radical (unpaired) electrons. The summed E-state index contributed by atoms with van der Waals surface area (Å²) in [4.78, 5) is 20.9. The van der Waals surface area contributed by atoms with Crippen LogP contribution in [0.4, 0.5) is 14.5 Å². The highest BCUT2D eigenvalue weighted by Crippen LogP contribution is 2.38. The molecule has 40 heavy (non-hydrogen) atoms. The Morgan fingerprint density at radius 2 is 1.80 bits per heavy atom. The molecule has 2 N–H and O–H groups in total. The van der Waals surface area contributed by atoms with Crippen molar-refractivity contribution < 1.29 is 27.1 Å². The minimum absolute atomic E-state index is 0.0875. The van der Waals surface area contributed by atoms with Gasteiger partial charge in [-0.3, -0.25) is 4.79 Å². The number of aromatic nitrogens is 2. The second kappa shape index (κ2) is 10.5. The van der Waals surface area contributed by atoms with Gasteiger partial charge in [0, 0.05) is 29.8 Å². The molecular formula is C28H21ClF2N4O4S. The van der Waals surface area contributed by atoms with Crippen molar-refractivity contribution in [3.8, 4) is 11.1 Å². The Kier molecular flexibility index (Phi) is 7.23. The molecule has 1 amide bonds. The Balaban J connectivity index is 1.68. The van der Waals surface area contributed by atoms with Crippen LogP contribution in [0.2, 0.25) is 5.15 Å². The fourth-order valence-electron chi connectivity index (χ4n) is 4.52. The van der Waals surface area contributed by atoms with Crippen LogP contribution >= 0.6 is 11.6 Å². The number of quaternary nitrogens is 1. The second-order valence-corrected chi connectivity index (χ2v) is 11.6. The number of carbonyl (C=O) groups excluding carboxylic acids is 1. The molecule has 2 atom stereocenters. The molecule has 5 rings (SSSR count). The molecular weight excluding hydrogens is 562 g/mol. The first kappa shape index (κ1) is 27.5. The maximum Gasteiger partial charge on any atom is 0.257 e. The number of anilines is 1. The molecule has 8 nitrogen and oxygen atoms in total. The van der Waals surface area contributed by atoms with E-state index < -0.39 is 44.0 Å². The highest BCUT2D eigenvalue weighted by molar-refractivity contribution is 7.90. The molecule has 2 aromatic heterocycles. The minimum atomic E-state index is -3.91. The van der Waals surface area contributed by atoms with Gasteiger partial charge in [-0.1, -0.05) is 23.7 Å². The number of hydrogen-bond acceptors (Lipinski definition) is 6. The molecule has 0 aliphatic carbocycles. The lowest BCUT2D eigenvalue weighted by Crippen LogP contribution is -3.03. The van der Waals surface area contributed by atoms with Gasteiger partial charge in [0.1, 0.15) is 22.5 Å². The average Bonchev–Trinajstić information content (AvgIpc) is 2.90. The molecule has 2 unspecified atom stereocenters. The van der Waals surface area contributed by atoms with Crippen molar-refractivity contribution in [3.05, 3.63) is 117 Å². The highest BCUT2D eigenvalue weighted by atomic mass is 35.5. The third kappa shape index (κ3) is 5.24. The summed E-state index contributed by atoms with van der Waals surface area (Å²) in [5, 5.41) is 15.0. The van der Waals surface area contributed by atoms with Gasteiger partial charge in [-0.15, -0.1) is 0 Å². The van der Waals surface area contributed by atoms with Gasteiger partial charge in [0.25, 0.3) is 5.91 Å². The molecule has 0 spiro atoms. The number of fused-ring (bicyclic) bond motifs is 1. The predicted octanol–water partition coefficient (Wildman–Crippen LogP) is 4.50. The van der Waals surface area contributed by atoms with Crippen molar-refractivity contribution in [1.82, 2.24) is 9.97 Å². The van der Waals surface area contributed by atoms with Crippen LogP contribution in [0.3, 0.4) is 0 Å². The van der Waals surface area contributed by atoms with Crippen LogP contribution in [0, 0.1) is 23.8 Å². The summed E-state index contributed by atoms with van der Waals surface area (Å²) >= 11 is 5.80. The maximum absolute atomic E-state index is 14.8. The zero-order valence-corrected chi connectivity index (χ0v) is 22.6. The van der Waals surface area contributed by atoms with Gasteiger partial charge in [0.15, 0.2) is 20.9 Å². The van der Waals surface area contributed by atoms with E-state index >= 15 is 0 Å². The molecule has 4 aromatic rings. The van der Waals surface area contributed by atoms with E-state index in [4.69, 9.17) is 11.6 Å². The largest absolute Gasteiger partial charge is 0.629 e. The lowest BCUT2D eigenvalue weighted by atomic mass is 9.89. The monoisotopic (exact) mass is 582 g/mol. The molecule has 0 fully saturated rings. The van der Waals surface area contributed by atoms with Gasteiger partial charge in [-0.2, -0.15) is 0 Å². The zero-order valence-electron chi connectivity index (χ0n) is 21.1. The first-order valence-electron chi connectivity index (χ1n) is 11.9. The molecule has 2 aromatic carbocycles. The zero-order chi connectivity index (χ0) is 28.8. The topological polar surface area (TPSA) is 117 Å². The Hall–Kier alpha value is -4.03. The average molecular weight is 583 g/mol. The number of halogens is 3. The number of amides is 1. The summed E-state index contributed by atoms with van der Waals surface area (Å²) in [5.41, 5.74) is 1.96. The Labute approximate surface area is 233 Å². The van der Waals surface area contributed by atoms with Gasteiger partial charge in [0.2, 0.25) is 0 Å². The van der Waals surface area contributed by atoms with Gasteiger partial charge in [-0.25, -0.2) is 27.2 Å². The van der Waals surface area contributed by atoms with Gasteiger partial charge >= 0.3 is 0 Å². The minimum Gasteiger partial charge on any atom is -0.629 e. The second-order valence-electron chi connectivity index (χ2n) is 9.24. The Morgan fingerprint density at radius 1 is 1.07 bits per heavy atom. The number of nitrogens with one attached hydrogen (secondary N) is 2. The van der Waals surface area contributed by atoms with Crippen molar-refractivity contribution in [1.29, 1.82) is 0 Å². The number of carbonyl (C=O) groups is 1. The number of hydroxylamine groups is 2. The van der Waals surface area contributed by atoms with E-state index in [1.807, 2.05) is 0 Å². The number of nitrogens with zero attached hydrogens (tertiary/aromatic N) is 2. The molecule has 1 aliphatic rings. The molecule has 12 heteroatoms. The van der Waals surface area contributed by atoms with E-state index in [0.717, 1.165) is 18.4 Å². The number of hydrogen-bond donors (Lipinski definition) is 2. The smallest absolute Gasteiger partial charge is 0.257 e. The summed E-state index contributed by atoms with van der Waals surface area (Å²) < 4.78 is 55.0. The Bertz CT molecular complexity index is 1780. The van der Waals surface area contributed by atoms with Gasteiger partial charge < -0.3 is 15.6 Å². The van der Waals surface area contributed by atoms with E-state index in [9.17, 15) is 27.2 Å². The number of rotatable bonds is 5. The number of pyridine rings is 2. The molecule has 1 aliphatic heterocycles. The molecule has 0 saturated heterocycles. The van der Waals surface area contributed by atoms with E-state index in [0.29, 0.717) is 27.9 Å². The van der Waals surface area contributed by atoms with E-state index in [2.05, 4.69) is 15.3 Å². The molecule has 204 valence electrons. The van der Waals surface area contributed by atoms with Crippen molar-refractivity contribution in [2.45, 2.75) is 18.0 Å². The van der Waals surface area contributed by atoms with Crippen LogP contribution in [0.25, 0.3) is 17.2 Å². The summed E-state index contributed by atoms with van der Waals surface area (Å²) in [6, 6.07) is 11.1. The summed E-state index contributed by atoms with van der Waals surface area (Å²) in [6.07, 6.45) is 4.92. The van der Waals surface area contributed by atoms with Crippen LogP contribution in [-0.2, 0) is 9.84 Å². The standard InChI is InChI=1S/C28H21ClF2N4O4S/c1-15-6-8-17(33-28(36)16-7-9-23(29)32-14-16)12-19(15)20-13-24(40(2,38)39)34-26-18(20)10-11-35(37)27(26)25-21(30)4-3-5-22(25)31/h3-14,27,35H,1-2H3,(H,33,36). The maximum atomic E-state index is 14.8. The van der Waals surface area contributed by atoms with Gasteiger partial charge in [-0.05, 0) is 66.1 Å². The Morgan fingerprint density at radius 3 is 2.45 bits per heavy atom. The SMILES string of the molecule is Cc1ccc(NC(=O)c2ccc(Cl)nc2)cc1-c1cc(S(C)(=O)=O)nc2c1C=C[NH+]([O-])C2c1c(F)cccc1F. The normalized spacial score (nSPS) is 16.4. The lowest BCUT2D eigenvalue weighted by molar-refractivity contribution is -0.821. The fourth-order valence-corrected chi connectivity index (χ4v) is 5.23. The third-order valence-corrected chi connectivity index (χ3v) is 7.67. The highest BCUT2D eigenvalue weighted by Gasteiger charge is 2.35. The summed E-state index contributed by atoms with van der Waals surface area (Å²) in [6.45, 7) is 1.78. The quantitative estimate of drug-likeness (QED) is 0.264. The van der Waals surface area contributed by atoms with Crippen molar-refractivity contribution >= 4 is 39.1 Å². The van der Waals surface area contributed by atoms with E-state index in [1.165, 1.54) is 42.7 Å². The molecule has 0 saturated carbocycles. The number of sulfone groups is 1. The van der Waals surface area contributed by atoms with Crippen molar-refractivity contribution in [2.75, 3.05) is 11.6 Å². The van der Waals surface area contributed by atoms with Crippen LogP contribution in [-0.4, -0.2) is 30.5 Å². The number of benzene rings is 2. The first-order valence-corrected chi connectivity index (χ1v) is 14.2. The lowest BCUT2D eigenvalue weighted by Gasteiger charge is -2.33. The molecule has 3 heterocycles. The van der Waals surface area contributed by atoms with Crippen LogP contribution in [0.5, 0.6) is 0 Å². The summed E-state index contributed by atoms with van der Waals surface area (Å²) in [5.74, 6) is -2.36.